The molecule has 2 rings (SSSR count). The average Bonchev–Trinajstić information content (AvgIpc) is 2.88. The van der Waals surface area contributed by atoms with E-state index in [2.05, 4.69) is 9.99 Å². The first kappa shape index (κ1) is 14.1. The van der Waals surface area contributed by atoms with Gasteiger partial charge in [-0.05, 0) is 0 Å². The van der Waals surface area contributed by atoms with Crippen LogP contribution in [-0.4, -0.2) is 23.8 Å². The molecule has 1 amide bonds. The summed E-state index contributed by atoms with van der Waals surface area (Å²) in [5.41, 5.74) is 2.15. The lowest BCUT2D eigenvalue weighted by atomic mass is 10.2. The third-order valence-electron chi connectivity index (χ3n) is 2.20. The number of hydroxylamine groups is 1. The van der Waals surface area contributed by atoms with Gasteiger partial charge in [-0.15, -0.1) is 0 Å². The van der Waals surface area contributed by atoms with Crippen LogP contribution in [0.3, 0.4) is 0 Å². The minimum absolute atomic E-state index is 0.175. The minimum Gasteiger partial charge on any atom is -0.355 e. The van der Waals surface area contributed by atoms with E-state index >= 15 is 0 Å². The molecule has 0 aliphatic carbocycles. The van der Waals surface area contributed by atoms with Crippen molar-refractivity contribution >= 4 is 5.91 Å². The Hall–Kier alpha value is -2.35. The van der Waals surface area contributed by atoms with E-state index in [1.807, 2.05) is 0 Å². The molecule has 0 bridgehead atoms. The van der Waals surface area contributed by atoms with Gasteiger partial charge in [-0.25, -0.2) is 5.48 Å². The van der Waals surface area contributed by atoms with Crippen molar-refractivity contribution in [2.24, 2.45) is 0 Å². The van der Waals surface area contributed by atoms with Gasteiger partial charge in [0.1, 0.15) is 0 Å². The van der Waals surface area contributed by atoms with E-state index < -0.39 is 18.7 Å². The summed E-state index contributed by atoms with van der Waals surface area (Å²) < 4.78 is 40.4. The fourth-order valence-electron chi connectivity index (χ4n) is 1.36. The maximum Gasteiger partial charge on any atom is 0.414 e. The number of nitrogens with one attached hydrogen (secondary N) is 1. The van der Waals surface area contributed by atoms with Gasteiger partial charge in [0, 0.05) is 11.6 Å². The van der Waals surface area contributed by atoms with E-state index in [-0.39, 0.29) is 5.69 Å². The average molecular weight is 286 g/mol. The van der Waals surface area contributed by atoms with Crippen molar-refractivity contribution in [1.82, 2.24) is 10.6 Å². The van der Waals surface area contributed by atoms with E-state index in [1.165, 1.54) is 6.07 Å². The van der Waals surface area contributed by atoms with Crippen LogP contribution in [0.1, 0.15) is 10.5 Å². The smallest absolute Gasteiger partial charge is 0.355 e. The Bertz CT molecular complexity index is 581. The number of aromatic nitrogens is 1. The van der Waals surface area contributed by atoms with Gasteiger partial charge in [-0.3, -0.25) is 9.63 Å². The number of amides is 1. The number of carbonyl (C=O) groups is 1. The van der Waals surface area contributed by atoms with Crippen LogP contribution in [0.2, 0.25) is 0 Å². The summed E-state index contributed by atoms with van der Waals surface area (Å²) in [6.45, 7) is -1.58. The van der Waals surface area contributed by atoms with E-state index in [0.717, 1.165) is 0 Å². The van der Waals surface area contributed by atoms with Crippen LogP contribution < -0.4 is 5.48 Å². The van der Waals surface area contributed by atoms with Crippen molar-refractivity contribution < 1.29 is 27.3 Å². The highest BCUT2D eigenvalue weighted by Crippen LogP contribution is 2.19. The molecule has 0 aliphatic heterocycles. The maximum absolute atomic E-state index is 11.8. The van der Waals surface area contributed by atoms with Gasteiger partial charge in [-0.1, -0.05) is 35.5 Å². The van der Waals surface area contributed by atoms with Crippen LogP contribution in [0.5, 0.6) is 0 Å². The molecule has 106 valence electrons. The molecule has 0 atom stereocenters. The number of halogens is 3. The van der Waals surface area contributed by atoms with E-state index in [1.54, 1.807) is 35.8 Å². The number of hydrogen-bond acceptors (Lipinski definition) is 4. The molecule has 5 nitrogen and oxygen atoms in total. The highest BCUT2D eigenvalue weighted by atomic mass is 19.4. The molecule has 0 radical (unpaired) electrons. The first-order chi connectivity index (χ1) is 9.46. The quantitative estimate of drug-likeness (QED) is 0.877. The highest BCUT2D eigenvalue weighted by molar-refractivity contribution is 5.92. The topological polar surface area (TPSA) is 64.4 Å². The molecule has 20 heavy (non-hydrogen) atoms. The summed E-state index contributed by atoms with van der Waals surface area (Å²) in [5.74, 6) is -0.591. The van der Waals surface area contributed by atoms with Crippen molar-refractivity contribution in [3.05, 3.63) is 42.1 Å². The third kappa shape index (κ3) is 3.82. The molecule has 0 aliphatic rings. The van der Waals surface area contributed by atoms with Gasteiger partial charge in [-0.2, -0.15) is 13.2 Å². The van der Waals surface area contributed by atoms with Gasteiger partial charge < -0.3 is 4.52 Å². The Morgan fingerprint density at radius 1 is 1.30 bits per heavy atom. The molecule has 0 spiro atoms. The van der Waals surface area contributed by atoms with Gasteiger partial charge in [0.2, 0.25) is 0 Å². The zero-order chi connectivity index (χ0) is 14.6. The Balaban J connectivity index is 1.97. The molecule has 0 saturated heterocycles. The van der Waals surface area contributed by atoms with Crippen LogP contribution >= 0.6 is 0 Å². The molecule has 1 aromatic carbocycles. The molecule has 1 N–H and O–H groups in total. The Kier molecular flexibility index (Phi) is 4.04. The van der Waals surface area contributed by atoms with Gasteiger partial charge in [0.25, 0.3) is 5.91 Å². The molecule has 8 heteroatoms. The number of nitrogens with zero attached hydrogens (tertiary/aromatic N) is 1. The van der Waals surface area contributed by atoms with E-state index in [4.69, 9.17) is 4.52 Å². The second kappa shape index (κ2) is 5.74. The number of benzene rings is 1. The van der Waals surface area contributed by atoms with Crippen LogP contribution in [0.15, 0.2) is 40.9 Å². The van der Waals surface area contributed by atoms with Crippen LogP contribution in [0.25, 0.3) is 11.3 Å². The predicted octanol–water partition coefficient (Wildman–Crippen LogP) is 2.57. The van der Waals surface area contributed by atoms with Gasteiger partial charge in [0.05, 0.1) is 0 Å². The summed E-state index contributed by atoms with van der Waals surface area (Å²) in [6, 6.07) is 10.1. The van der Waals surface area contributed by atoms with Crippen LogP contribution in [0.4, 0.5) is 13.2 Å². The zero-order valence-corrected chi connectivity index (χ0v) is 9.98. The lowest BCUT2D eigenvalue weighted by Crippen LogP contribution is -2.29. The molecular weight excluding hydrogens is 277 g/mol. The lowest BCUT2D eigenvalue weighted by Gasteiger charge is -2.06. The summed E-state index contributed by atoms with van der Waals surface area (Å²) in [6.07, 6.45) is -4.52. The van der Waals surface area contributed by atoms with Crippen molar-refractivity contribution in [2.75, 3.05) is 6.61 Å². The third-order valence-corrected chi connectivity index (χ3v) is 2.20. The maximum atomic E-state index is 11.8. The number of hydrogen-bond donors (Lipinski definition) is 1. The largest absolute Gasteiger partial charge is 0.414 e. The normalized spacial score (nSPS) is 11.3. The zero-order valence-electron chi connectivity index (χ0n) is 9.98. The summed E-state index contributed by atoms with van der Waals surface area (Å²) in [5, 5.41) is 3.46. The Morgan fingerprint density at radius 2 is 2.00 bits per heavy atom. The van der Waals surface area contributed by atoms with Crippen molar-refractivity contribution in [1.29, 1.82) is 0 Å². The molecule has 0 unspecified atom stereocenters. The van der Waals surface area contributed by atoms with Gasteiger partial charge >= 0.3 is 6.18 Å². The van der Waals surface area contributed by atoms with Crippen molar-refractivity contribution in [3.63, 3.8) is 0 Å². The predicted molar refractivity (Wildman–Crippen MR) is 61.4 cm³/mol. The second-order valence-corrected chi connectivity index (χ2v) is 3.78. The summed E-state index contributed by atoms with van der Waals surface area (Å²) >= 11 is 0. The molecule has 1 heterocycles. The summed E-state index contributed by atoms with van der Waals surface area (Å²) in [7, 11) is 0. The van der Waals surface area contributed by atoms with Crippen LogP contribution in [-0.2, 0) is 4.84 Å². The fourth-order valence-corrected chi connectivity index (χ4v) is 1.36. The van der Waals surface area contributed by atoms with E-state index in [9.17, 15) is 18.0 Å². The highest BCUT2D eigenvalue weighted by Gasteiger charge is 2.28. The van der Waals surface area contributed by atoms with E-state index in [0.29, 0.717) is 11.3 Å². The molecule has 2 aromatic rings. The number of carbonyl (C=O) groups excluding carboxylic acids is 1. The fraction of sp³-hybridized carbons (Fsp3) is 0.167. The number of rotatable bonds is 4. The monoisotopic (exact) mass is 286 g/mol. The standard InChI is InChI=1S/C12H9F3N2O3/c13-12(14,15)7-19-17-11(18)9-6-10(20-16-9)8-4-2-1-3-5-8/h1-6H,7H2,(H,17,18). The minimum atomic E-state index is -4.52. The first-order valence-electron chi connectivity index (χ1n) is 5.47. The van der Waals surface area contributed by atoms with Crippen LogP contribution in [0, 0.1) is 0 Å². The summed E-state index contributed by atoms with van der Waals surface area (Å²) in [4.78, 5) is 15.5. The molecular formula is C12H9F3N2O3. The molecule has 0 saturated carbocycles. The van der Waals surface area contributed by atoms with Crippen molar-refractivity contribution in [2.45, 2.75) is 6.18 Å². The first-order valence-corrected chi connectivity index (χ1v) is 5.47. The number of alkyl halides is 3. The Morgan fingerprint density at radius 3 is 2.65 bits per heavy atom. The lowest BCUT2D eigenvalue weighted by molar-refractivity contribution is -0.184. The SMILES string of the molecule is O=C(NOCC(F)(F)F)c1cc(-c2ccccc2)on1. The molecule has 0 fully saturated rings. The Labute approximate surface area is 111 Å². The van der Waals surface area contributed by atoms with Crippen molar-refractivity contribution in [3.8, 4) is 11.3 Å². The van der Waals surface area contributed by atoms with Gasteiger partial charge in [0.15, 0.2) is 18.1 Å². The second-order valence-electron chi connectivity index (χ2n) is 3.78. The molecule has 1 aromatic heterocycles.